The van der Waals surface area contributed by atoms with E-state index in [9.17, 15) is 0 Å². The lowest BCUT2D eigenvalue weighted by molar-refractivity contribution is 0.353. The van der Waals surface area contributed by atoms with E-state index in [1.54, 1.807) is 0 Å². The van der Waals surface area contributed by atoms with Crippen molar-refractivity contribution in [3.05, 3.63) is 47.5 Å². The molecule has 0 bridgehead atoms. The molecule has 0 radical (unpaired) electrons. The highest BCUT2D eigenvalue weighted by atomic mass is 79.9. The monoisotopic (exact) mass is 335 g/mol. The summed E-state index contributed by atoms with van der Waals surface area (Å²) >= 11 is 3.51. The van der Waals surface area contributed by atoms with Crippen LogP contribution in [0.5, 0.6) is 0 Å². The van der Waals surface area contributed by atoms with Crippen LogP contribution in [0.2, 0.25) is 0 Å². The second-order valence-electron chi connectivity index (χ2n) is 6.57. The third-order valence-electron chi connectivity index (χ3n) is 3.57. The Kier molecular flexibility index (Phi) is 4.05. The molecule has 0 spiro atoms. The van der Waals surface area contributed by atoms with Gasteiger partial charge >= 0.3 is 0 Å². The lowest BCUT2D eigenvalue weighted by Crippen LogP contribution is -2.33. The Hall–Kier alpha value is -1.16. The zero-order chi connectivity index (χ0) is 15.0. The molecule has 0 aliphatic carbocycles. The number of nitrogens with zero attached hydrogens (tertiary/aromatic N) is 3. The van der Waals surface area contributed by atoms with Gasteiger partial charge in [-0.2, -0.15) is 0 Å². The molecule has 1 aromatic carbocycles. The van der Waals surface area contributed by atoms with Gasteiger partial charge in [-0.15, -0.1) is 10.2 Å². The van der Waals surface area contributed by atoms with E-state index in [0.29, 0.717) is 5.33 Å². The maximum atomic E-state index is 4.48. The zero-order valence-corrected chi connectivity index (χ0v) is 14.4. The van der Waals surface area contributed by atoms with Crippen molar-refractivity contribution in [1.82, 2.24) is 14.8 Å². The van der Waals surface area contributed by atoms with E-state index in [1.165, 1.54) is 5.56 Å². The van der Waals surface area contributed by atoms with Crippen molar-refractivity contribution < 1.29 is 0 Å². The van der Waals surface area contributed by atoms with Crippen molar-refractivity contribution in [2.24, 2.45) is 0 Å². The SMILES string of the molecule is CC(C)(c1ccccc1)c1nnc(CBr)n1C(C)(C)C. The quantitative estimate of drug-likeness (QED) is 0.785. The molecule has 0 unspecified atom stereocenters. The lowest BCUT2D eigenvalue weighted by atomic mass is 9.83. The van der Waals surface area contributed by atoms with Gasteiger partial charge in [0.15, 0.2) is 0 Å². The molecule has 0 aliphatic heterocycles. The molecule has 2 aromatic rings. The first-order valence-corrected chi connectivity index (χ1v) is 7.97. The molecule has 0 fully saturated rings. The molecule has 0 amide bonds. The molecule has 0 aliphatic rings. The van der Waals surface area contributed by atoms with E-state index >= 15 is 0 Å². The predicted molar refractivity (Wildman–Crippen MR) is 86.2 cm³/mol. The number of hydrogen-bond acceptors (Lipinski definition) is 2. The minimum absolute atomic E-state index is 0.0476. The third-order valence-corrected chi connectivity index (χ3v) is 4.08. The molecule has 0 N–H and O–H groups in total. The number of aromatic nitrogens is 3. The van der Waals surface area contributed by atoms with E-state index in [-0.39, 0.29) is 11.0 Å². The van der Waals surface area contributed by atoms with E-state index in [1.807, 2.05) is 6.07 Å². The number of rotatable bonds is 3. The molecule has 108 valence electrons. The smallest absolute Gasteiger partial charge is 0.144 e. The van der Waals surface area contributed by atoms with Crippen LogP contribution < -0.4 is 0 Å². The molecular weight excluding hydrogens is 314 g/mol. The summed E-state index contributed by atoms with van der Waals surface area (Å²) in [5.41, 5.74) is 1.02. The molecule has 2 rings (SSSR count). The Morgan fingerprint density at radius 2 is 1.60 bits per heavy atom. The van der Waals surface area contributed by atoms with Crippen LogP contribution in [0.25, 0.3) is 0 Å². The van der Waals surface area contributed by atoms with Crippen molar-refractivity contribution >= 4 is 15.9 Å². The third kappa shape index (κ3) is 2.66. The van der Waals surface area contributed by atoms with E-state index in [0.717, 1.165) is 11.6 Å². The largest absolute Gasteiger partial charge is 0.308 e. The van der Waals surface area contributed by atoms with Crippen LogP contribution in [0.3, 0.4) is 0 Å². The Labute approximate surface area is 129 Å². The van der Waals surface area contributed by atoms with Crippen LogP contribution in [0, 0.1) is 0 Å². The van der Waals surface area contributed by atoms with Gasteiger partial charge in [0.05, 0.1) is 5.33 Å². The minimum Gasteiger partial charge on any atom is -0.308 e. The van der Waals surface area contributed by atoms with E-state index in [4.69, 9.17) is 0 Å². The fourth-order valence-corrected chi connectivity index (χ4v) is 2.86. The summed E-state index contributed by atoms with van der Waals surface area (Å²) in [7, 11) is 0. The number of alkyl halides is 1. The van der Waals surface area contributed by atoms with Crippen molar-refractivity contribution in [1.29, 1.82) is 0 Å². The van der Waals surface area contributed by atoms with Crippen LogP contribution in [0.15, 0.2) is 30.3 Å². The fourth-order valence-electron chi connectivity index (χ4n) is 2.50. The van der Waals surface area contributed by atoms with Crippen LogP contribution >= 0.6 is 15.9 Å². The highest BCUT2D eigenvalue weighted by Gasteiger charge is 2.33. The van der Waals surface area contributed by atoms with Gasteiger partial charge in [-0.05, 0) is 40.2 Å². The first kappa shape index (κ1) is 15.2. The normalized spacial score (nSPS) is 12.7. The zero-order valence-electron chi connectivity index (χ0n) is 12.8. The molecule has 1 heterocycles. The van der Waals surface area contributed by atoms with Gasteiger partial charge < -0.3 is 4.57 Å². The van der Waals surface area contributed by atoms with Gasteiger partial charge in [-0.3, -0.25) is 0 Å². The molecule has 1 aromatic heterocycles. The number of halogens is 1. The van der Waals surface area contributed by atoms with Crippen molar-refractivity contribution in [3.8, 4) is 0 Å². The maximum Gasteiger partial charge on any atom is 0.144 e. The molecular formula is C16H22BrN3. The average Bonchev–Trinajstić information content (AvgIpc) is 2.84. The molecule has 4 heteroatoms. The summed E-state index contributed by atoms with van der Waals surface area (Å²) in [5, 5.41) is 9.55. The van der Waals surface area contributed by atoms with E-state index < -0.39 is 0 Å². The van der Waals surface area contributed by atoms with Crippen molar-refractivity contribution in [2.75, 3.05) is 0 Å². The van der Waals surface area contributed by atoms with Gasteiger partial charge in [0, 0.05) is 11.0 Å². The highest BCUT2D eigenvalue weighted by Crippen LogP contribution is 2.33. The molecule has 0 saturated heterocycles. The van der Waals surface area contributed by atoms with Gasteiger partial charge in [0.25, 0.3) is 0 Å². The Balaban J connectivity index is 2.61. The summed E-state index contributed by atoms with van der Waals surface area (Å²) in [6, 6.07) is 10.5. The Bertz CT molecular complexity index is 580. The summed E-state index contributed by atoms with van der Waals surface area (Å²) in [4.78, 5) is 0. The second-order valence-corrected chi connectivity index (χ2v) is 7.13. The number of hydrogen-bond donors (Lipinski definition) is 0. The summed E-state index contributed by atoms with van der Waals surface area (Å²) in [6.07, 6.45) is 0. The predicted octanol–water partition coefficient (Wildman–Crippen LogP) is 4.25. The molecule has 3 nitrogen and oxygen atoms in total. The van der Waals surface area contributed by atoms with Gasteiger partial charge in [-0.25, -0.2) is 0 Å². The second kappa shape index (κ2) is 5.32. The van der Waals surface area contributed by atoms with Crippen LogP contribution in [0.1, 0.15) is 51.8 Å². The Morgan fingerprint density at radius 3 is 2.10 bits per heavy atom. The molecule has 0 atom stereocenters. The van der Waals surface area contributed by atoms with Crippen LogP contribution in [-0.4, -0.2) is 14.8 Å². The summed E-state index contributed by atoms with van der Waals surface area (Å²) in [5.74, 6) is 1.97. The number of benzene rings is 1. The van der Waals surface area contributed by atoms with Crippen LogP contribution in [-0.2, 0) is 16.3 Å². The van der Waals surface area contributed by atoms with Crippen molar-refractivity contribution in [2.45, 2.75) is 50.9 Å². The fraction of sp³-hybridized carbons (Fsp3) is 0.500. The standard InChI is InChI=1S/C16H22BrN3/c1-15(2,3)20-13(11-17)18-19-14(20)16(4,5)12-9-7-6-8-10-12/h6-10H,11H2,1-5H3. The minimum atomic E-state index is -0.179. The average molecular weight is 336 g/mol. The van der Waals surface area contributed by atoms with Crippen molar-refractivity contribution in [3.63, 3.8) is 0 Å². The summed E-state index contributed by atoms with van der Waals surface area (Å²) in [6.45, 7) is 11.0. The summed E-state index contributed by atoms with van der Waals surface area (Å²) < 4.78 is 2.24. The first-order valence-electron chi connectivity index (χ1n) is 6.85. The Morgan fingerprint density at radius 1 is 1.00 bits per heavy atom. The topological polar surface area (TPSA) is 30.7 Å². The van der Waals surface area contributed by atoms with Gasteiger partial charge in [0.2, 0.25) is 0 Å². The van der Waals surface area contributed by atoms with E-state index in [2.05, 4.69) is 89.6 Å². The maximum absolute atomic E-state index is 4.48. The van der Waals surface area contributed by atoms with Gasteiger partial charge in [-0.1, -0.05) is 46.3 Å². The first-order chi connectivity index (χ1) is 9.28. The molecule has 20 heavy (non-hydrogen) atoms. The van der Waals surface area contributed by atoms with Gasteiger partial charge in [0.1, 0.15) is 11.6 Å². The lowest BCUT2D eigenvalue weighted by Gasteiger charge is -2.31. The molecule has 0 saturated carbocycles. The van der Waals surface area contributed by atoms with Crippen LogP contribution in [0.4, 0.5) is 0 Å². The highest BCUT2D eigenvalue weighted by molar-refractivity contribution is 9.08.